The molecule has 1 saturated heterocycles. The number of ether oxygens (including phenoxy) is 1. The van der Waals surface area contributed by atoms with Gasteiger partial charge in [0.25, 0.3) is 0 Å². The molecule has 0 saturated carbocycles. The lowest BCUT2D eigenvalue weighted by atomic mass is 10.1. The highest BCUT2D eigenvalue weighted by Gasteiger charge is 2.35. The van der Waals surface area contributed by atoms with Crippen LogP contribution >= 0.6 is 15.9 Å². The molecule has 2 amide bonds. The second kappa shape index (κ2) is 7.27. The number of carbonyl (C=O) groups is 2. The van der Waals surface area contributed by atoms with Gasteiger partial charge in [0.15, 0.2) is 0 Å². The molecule has 1 aliphatic rings. The number of nitrogens with one attached hydrogen (secondary N) is 1. The van der Waals surface area contributed by atoms with E-state index in [2.05, 4.69) is 21.2 Å². The second-order valence-corrected chi connectivity index (χ2v) is 6.91. The average molecular weight is 403 g/mol. The van der Waals surface area contributed by atoms with Gasteiger partial charge >= 0.3 is 0 Å². The van der Waals surface area contributed by atoms with Crippen molar-refractivity contribution >= 4 is 39.1 Å². The first-order chi connectivity index (χ1) is 12.0. The number of carbonyl (C=O) groups excluding carboxylic acids is 2. The van der Waals surface area contributed by atoms with Gasteiger partial charge in [0, 0.05) is 34.9 Å². The van der Waals surface area contributed by atoms with Crippen LogP contribution in [0.2, 0.25) is 0 Å². The van der Waals surface area contributed by atoms with Crippen LogP contribution in [0.3, 0.4) is 0 Å². The van der Waals surface area contributed by atoms with Gasteiger partial charge in [-0.25, -0.2) is 0 Å². The minimum absolute atomic E-state index is 0.0552. The summed E-state index contributed by atoms with van der Waals surface area (Å²) in [5.74, 6) is 0.118. The van der Waals surface area contributed by atoms with E-state index in [0.717, 1.165) is 21.4 Å². The summed E-state index contributed by atoms with van der Waals surface area (Å²) in [6.45, 7) is 2.33. The monoisotopic (exact) mass is 402 g/mol. The first kappa shape index (κ1) is 17.5. The molecule has 0 radical (unpaired) electrons. The summed E-state index contributed by atoms with van der Waals surface area (Å²) >= 11 is 3.44. The van der Waals surface area contributed by atoms with Crippen LogP contribution in [-0.4, -0.2) is 25.5 Å². The lowest BCUT2D eigenvalue weighted by molar-refractivity contribution is -0.122. The predicted molar refractivity (Wildman–Crippen MR) is 101 cm³/mol. The lowest BCUT2D eigenvalue weighted by Crippen LogP contribution is -2.28. The molecule has 0 bridgehead atoms. The third kappa shape index (κ3) is 3.85. The summed E-state index contributed by atoms with van der Waals surface area (Å²) < 4.78 is 6.19. The molecule has 0 spiro atoms. The fraction of sp³-hybridized carbons (Fsp3) is 0.263. The zero-order chi connectivity index (χ0) is 18.0. The third-order valence-electron chi connectivity index (χ3n) is 4.29. The van der Waals surface area contributed by atoms with E-state index in [1.54, 1.807) is 18.1 Å². The van der Waals surface area contributed by atoms with Crippen molar-refractivity contribution in [2.75, 3.05) is 23.9 Å². The molecular formula is C19H19BrN2O3. The molecule has 0 aliphatic carbocycles. The van der Waals surface area contributed by atoms with Gasteiger partial charge < -0.3 is 15.0 Å². The van der Waals surface area contributed by atoms with E-state index in [1.165, 1.54) is 0 Å². The van der Waals surface area contributed by atoms with E-state index in [0.29, 0.717) is 12.3 Å². The number of rotatable bonds is 4. The van der Waals surface area contributed by atoms with E-state index in [9.17, 15) is 9.59 Å². The molecule has 0 unspecified atom stereocenters. The van der Waals surface area contributed by atoms with Crippen LogP contribution in [0, 0.1) is 12.8 Å². The first-order valence-corrected chi connectivity index (χ1v) is 8.78. The zero-order valence-corrected chi connectivity index (χ0v) is 15.7. The van der Waals surface area contributed by atoms with E-state index in [4.69, 9.17) is 4.74 Å². The number of anilines is 2. The molecule has 1 N–H and O–H groups in total. The van der Waals surface area contributed by atoms with Crippen LogP contribution in [0.4, 0.5) is 11.4 Å². The molecule has 0 aromatic heterocycles. The largest absolute Gasteiger partial charge is 0.497 e. The van der Waals surface area contributed by atoms with Crippen LogP contribution in [0.1, 0.15) is 12.0 Å². The van der Waals surface area contributed by atoms with Crippen molar-refractivity contribution in [1.29, 1.82) is 0 Å². The number of amides is 2. The topological polar surface area (TPSA) is 58.6 Å². The Morgan fingerprint density at radius 3 is 2.80 bits per heavy atom. The van der Waals surface area contributed by atoms with E-state index in [1.807, 2.05) is 43.3 Å². The Morgan fingerprint density at radius 2 is 2.08 bits per heavy atom. The molecule has 1 fully saturated rings. The van der Waals surface area contributed by atoms with Crippen molar-refractivity contribution in [3.8, 4) is 5.75 Å². The fourth-order valence-electron chi connectivity index (χ4n) is 2.88. The van der Waals surface area contributed by atoms with E-state index in [-0.39, 0.29) is 24.2 Å². The Balaban J connectivity index is 1.70. The highest BCUT2D eigenvalue weighted by molar-refractivity contribution is 9.10. The number of methoxy groups -OCH3 is 1. The maximum Gasteiger partial charge on any atom is 0.229 e. The summed E-state index contributed by atoms with van der Waals surface area (Å²) in [6, 6.07) is 12.9. The molecule has 2 aromatic rings. The maximum atomic E-state index is 12.5. The summed E-state index contributed by atoms with van der Waals surface area (Å²) in [4.78, 5) is 26.5. The minimum atomic E-state index is -0.373. The lowest BCUT2D eigenvalue weighted by Gasteiger charge is -2.17. The van der Waals surface area contributed by atoms with Gasteiger partial charge in [0.05, 0.1) is 13.0 Å². The summed E-state index contributed by atoms with van der Waals surface area (Å²) in [5, 5.41) is 2.90. The smallest absolute Gasteiger partial charge is 0.229 e. The van der Waals surface area contributed by atoms with Gasteiger partial charge in [0.2, 0.25) is 11.8 Å². The highest BCUT2D eigenvalue weighted by atomic mass is 79.9. The average Bonchev–Trinajstić information content (AvgIpc) is 3.00. The first-order valence-electron chi connectivity index (χ1n) is 7.99. The summed E-state index contributed by atoms with van der Waals surface area (Å²) in [5.41, 5.74) is 2.52. The Hall–Kier alpha value is -2.34. The quantitative estimate of drug-likeness (QED) is 0.846. The molecule has 2 aromatic carbocycles. The molecule has 1 heterocycles. The molecule has 1 aliphatic heterocycles. The van der Waals surface area contributed by atoms with Gasteiger partial charge in [0.1, 0.15) is 5.75 Å². The van der Waals surface area contributed by atoms with Crippen molar-refractivity contribution in [3.05, 3.63) is 52.5 Å². The molecule has 25 heavy (non-hydrogen) atoms. The van der Waals surface area contributed by atoms with Gasteiger partial charge in [-0.05, 0) is 42.8 Å². The highest BCUT2D eigenvalue weighted by Crippen LogP contribution is 2.29. The standard InChI is InChI=1S/C19H19BrN2O3/c1-12-8-14(6-7-17(12)20)21-19(24)13-9-18(23)22(11-13)15-4-3-5-16(10-15)25-2/h3-8,10,13H,9,11H2,1-2H3,(H,21,24)/t13-/m0/s1. The molecule has 1 atom stereocenters. The molecular weight excluding hydrogens is 384 g/mol. The van der Waals surface area contributed by atoms with Crippen LogP contribution in [0.5, 0.6) is 5.75 Å². The Labute approximate surface area is 155 Å². The number of aryl methyl sites for hydroxylation is 1. The van der Waals surface area contributed by atoms with E-state index < -0.39 is 0 Å². The van der Waals surface area contributed by atoms with Gasteiger partial charge in [-0.1, -0.05) is 22.0 Å². The van der Waals surface area contributed by atoms with Crippen LogP contribution in [0.15, 0.2) is 46.9 Å². The number of nitrogens with zero attached hydrogens (tertiary/aromatic N) is 1. The van der Waals surface area contributed by atoms with Crippen molar-refractivity contribution in [3.63, 3.8) is 0 Å². The number of benzene rings is 2. The Morgan fingerprint density at radius 1 is 1.28 bits per heavy atom. The number of halogens is 1. The van der Waals surface area contributed by atoms with Crippen LogP contribution in [0.25, 0.3) is 0 Å². The van der Waals surface area contributed by atoms with Gasteiger partial charge in [-0.3, -0.25) is 9.59 Å². The van der Waals surface area contributed by atoms with Crippen molar-refractivity contribution < 1.29 is 14.3 Å². The normalized spacial score (nSPS) is 16.8. The van der Waals surface area contributed by atoms with Crippen molar-refractivity contribution in [2.45, 2.75) is 13.3 Å². The molecule has 3 rings (SSSR count). The minimum Gasteiger partial charge on any atom is -0.497 e. The van der Waals surface area contributed by atoms with E-state index >= 15 is 0 Å². The Kier molecular flexibility index (Phi) is 5.08. The SMILES string of the molecule is COc1cccc(N2C[C@@H](C(=O)Nc3ccc(Br)c(C)c3)CC2=O)c1. The zero-order valence-electron chi connectivity index (χ0n) is 14.1. The number of hydrogen-bond acceptors (Lipinski definition) is 3. The maximum absolute atomic E-state index is 12.5. The van der Waals surface area contributed by atoms with Crippen molar-refractivity contribution in [2.24, 2.45) is 5.92 Å². The van der Waals surface area contributed by atoms with Crippen LogP contribution < -0.4 is 15.0 Å². The predicted octanol–water partition coefficient (Wildman–Crippen LogP) is 3.76. The van der Waals surface area contributed by atoms with Gasteiger partial charge in [-0.2, -0.15) is 0 Å². The summed E-state index contributed by atoms with van der Waals surface area (Å²) in [6.07, 6.45) is 0.207. The van der Waals surface area contributed by atoms with Gasteiger partial charge in [-0.15, -0.1) is 0 Å². The molecule has 6 heteroatoms. The Bertz CT molecular complexity index is 822. The number of hydrogen-bond donors (Lipinski definition) is 1. The summed E-state index contributed by atoms with van der Waals surface area (Å²) in [7, 11) is 1.58. The third-order valence-corrected chi connectivity index (χ3v) is 5.18. The molecule has 130 valence electrons. The fourth-order valence-corrected chi connectivity index (χ4v) is 3.12. The second-order valence-electron chi connectivity index (χ2n) is 6.06. The van der Waals surface area contributed by atoms with Crippen LogP contribution in [-0.2, 0) is 9.59 Å². The molecule has 5 nitrogen and oxygen atoms in total. The van der Waals surface area contributed by atoms with Crippen molar-refractivity contribution in [1.82, 2.24) is 0 Å².